The molecule has 166 valence electrons. The Morgan fingerprint density at radius 3 is 2.04 bits per heavy atom. The minimum atomic E-state index is -5.19. The standard InChI is InChI=1S/C11H23N3O5S2.C2HF3O2/c1-3-6(2)8(10(13)15)14-11(16)9(20)7(12)4-5-21(17,18)19;3-2(4,5)1(6)7/h6-9,20H,3-5,12H2,1-2H3,(H2,13,15)(H,14,16)(H,17,18,19);(H,6,7)/t6-,7+,8-,9-;/m0./s1. The number of thiol groups is 1. The van der Waals surface area contributed by atoms with Crippen molar-refractivity contribution in [3.63, 3.8) is 0 Å². The molecule has 10 nitrogen and oxygen atoms in total. The summed E-state index contributed by atoms with van der Waals surface area (Å²) in [5.74, 6) is -4.83. The van der Waals surface area contributed by atoms with Gasteiger partial charge in [0.25, 0.3) is 10.1 Å². The van der Waals surface area contributed by atoms with Gasteiger partial charge in [-0.25, -0.2) is 0 Å². The van der Waals surface area contributed by atoms with Crippen LogP contribution in [0.5, 0.6) is 0 Å². The summed E-state index contributed by atoms with van der Waals surface area (Å²) in [4.78, 5) is 32.1. The molecule has 15 heteroatoms. The zero-order valence-corrected chi connectivity index (χ0v) is 16.8. The number of carboxylic acids is 1. The number of rotatable bonds is 9. The Bertz CT molecular complexity index is 644. The van der Waals surface area contributed by atoms with Gasteiger partial charge in [-0.2, -0.15) is 34.2 Å². The summed E-state index contributed by atoms with van der Waals surface area (Å²) in [6, 6.07) is -1.45. The fraction of sp³-hybridized carbons (Fsp3) is 0.769. The molecule has 28 heavy (non-hydrogen) atoms. The van der Waals surface area contributed by atoms with Crippen molar-refractivity contribution in [2.45, 2.75) is 50.2 Å². The summed E-state index contributed by atoms with van der Waals surface area (Å²) < 4.78 is 61.5. The van der Waals surface area contributed by atoms with Crippen LogP contribution in [0.15, 0.2) is 0 Å². The number of hydrogen-bond donors (Lipinski definition) is 5. The molecular weight excluding hydrogens is 431 g/mol. The lowest BCUT2D eigenvalue weighted by Gasteiger charge is -2.23. The van der Waals surface area contributed by atoms with Gasteiger partial charge in [-0.15, -0.1) is 0 Å². The Morgan fingerprint density at radius 2 is 1.75 bits per heavy atom. The zero-order valence-electron chi connectivity index (χ0n) is 15.1. The average molecular weight is 455 g/mol. The smallest absolute Gasteiger partial charge is 0.430 e. The quantitative estimate of drug-likeness (QED) is 0.187. The van der Waals surface area contributed by atoms with E-state index in [4.69, 9.17) is 20.2 Å². The van der Waals surface area contributed by atoms with E-state index in [2.05, 4.69) is 23.7 Å². The van der Waals surface area contributed by atoms with E-state index in [9.17, 15) is 31.2 Å². The number of hydrogen-bond acceptors (Lipinski definition) is 7. The molecule has 0 unspecified atom stereocenters. The number of aliphatic carboxylic acids is 1. The molecule has 0 rings (SSSR count). The van der Waals surface area contributed by atoms with Crippen molar-refractivity contribution in [1.29, 1.82) is 0 Å². The highest BCUT2D eigenvalue weighted by atomic mass is 32.2. The molecule has 4 atom stereocenters. The topological polar surface area (TPSA) is 194 Å². The van der Waals surface area contributed by atoms with Crippen molar-refractivity contribution >= 4 is 40.5 Å². The molecule has 0 aromatic carbocycles. The van der Waals surface area contributed by atoms with Crippen LogP contribution in [-0.2, 0) is 24.5 Å². The van der Waals surface area contributed by atoms with Crippen molar-refractivity contribution in [3.8, 4) is 0 Å². The number of carboxylic acid groups (broad SMARTS) is 1. The lowest BCUT2D eigenvalue weighted by atomic mass is 9.98. The Hall–Kier alpha value is -1.58. The molecular formula is C13H24F3N3O7S2. The van der Waals surface area contributed by atoms with E-state index in [1.54, 1.807) is 6.92 Å². The molecule has 0 spiro atoms. The van der Waals surface area contributed by atoms with Crippen LogP contribution in [0.3, 0.4) is 0 Å². The van der Waals surface area contributed by atoms with Gasteiger partial charge >= 0.3 is 6.18 Å². The van der Waals surface area contributed by atoms with Gasteiger partial charge in [0.2, 0.25) is 11.8 Å². The molecule has 0 saturated carbocycles. The van der Waals surface area contributed by atoms with Crippen molar-refractivity contribution in [2.24, 2.45) is 11.7 Å². The van der Waals surface area contributed by atoms with Gasteiger partial charge in [0.1, 0.15) is 23.3 Å². The van der Waals surface area contributed by atoms with Crippen molar-refractivity contribution in [3.05, 3.63) is 0 Å². The Balaban J connectivity index is 0. The van der Waals surface area contributed by atoms with E-state index >= 15 is 0 Å². The lowest BCUT2D eigenvalue weighted by molar-refractivity contribution is -0.416. The highest BCUT2D eigenvalue weighted by molar-refractivity contribution is 7.85. The largest absolute Gasteiger partial charge is 0.542 e. The second-order valence-electron chi connectivity index (χ2n) is 5.84. The molecule has 0 radical (unpaired) electrons. The van der Waals surface area contributed by atoms with Crippen LogP contribution in [-0.4, -0.2) is 60.0 Å². The Morgan fingerprint density at radius 1 is 1.32 bits per heavy atom. The van der Waals surface area contributed by atoms with Crippen molar-refractivity contribution < 1.29 is 51.4 Å². The predicted molar refractivity (Wildman–Crippen MR) is 92.1 cm³/mol. The van der Waals surface area contributed by atoms with Crippen LogP contribution < -0.4 is 21.9 Å². The van der Waals surface area contributed by atoms with E-state index < -0.39 is 57.2 Å². The van der Waals surface area contributed by atoms with E-state index in [0.717, 1.165) is 0 Å². The van der Waals surface area contributed by atoms with E-state index in [0.29, 0.717) is 6.42 Å². The first-order valence-corrected chi connectivity index (χ1v) is 9.90. The van der Waals surface area contributed by atoms with E-state index in [1.165, 1.54) is 0 Å². The predicted octanol–water partition coefficient (Wildman–Crippen LogP) is -2.51. The summed E-state index contributed by atoms with van der Waals surface area (Å²) in [5.41, 5.74) is 8.90. The molecule has 0 saturated heterocycles. The van der Waals surface area contributed by atoms with Crippen molar-refractivity contribution in [1.82, 2.24) is 5.32 Å². The van der Waals surface area contributed by atoms with Crippen LogP contribution in [0.25, 0.3) is 0 Å². The van der Waals surface area contributed by atoms with Crippen LogP contribution in [0, 0.1) is 5.92 Å². The van der Waals surface area contributed by atoms with Crippen LogP contribution in [0.2, 0.25) is 0 Å². The second kappa shape index (κ2) is 12.1. The number of carbonyl (C=O) groups excluding carboxylic acids is 3. The van der Waals surface area contributed by atoms with Gasteiger partial charge in [0.05, 0.1) is 5.75 Å². The molecule has 7 N–H and O–H groups in total. The normalized spacial score (nSPS) is 16.0. The molecule has 0 aliphatic heterocycles. The van der Waals surface area contributed by atoms with Crippen LogP contribution in [0.4, 0.5) is 13.2 Å². The molecule has 0 fully saturated rings. The van der Waals surface area contributed by atoms with Crippen molar-refractivity contribution in [2.75, 3.05) is 5.75 Å². The van der Waals surface area contributed by atoms with Gasteiger partial charge in [0, 0.05) is 6.42 Å². The summed E-state index contributed by atoms with van der Waals surface area (Å²) in [6.07, 6.45) is -4.56. The lowest BCUT2D eigenvalue weighted by Crippen LogP contribution is -2.68. The monoisotopic (exact) mass is 455 g/mol. The second-order valence-corrected chi connectivity index (χ2v) is 7.97. The third-order valence-electron chi connectivity index (χ3n) is 3.51. The number of amides is 2. The van der Waals surface area contributed by atoms with Gasteiger partial charge < -0.3 is 26.7 Å². The summed E-state index contributed by atoms with van der Waals surface area (Å²) in [6.45, 7) is 3.64. The van der Waals surface area contributed by atoms with E-state index in [-0.39, 0.29) is 12.3 Å². The summed E-state index contributed by atoms with van der Waals surface area (Å²) in [5, 5.41) is 10.4. The number of halogens is 3. The SMILES string of the molecule is CC[C@H](C)[C@H](NC(=O)[C@@H](S)[C@H]([NH3+])CCS(=O)(=O)O)C(N)=O.O=C([O-])C(F)(F)F. The van der Waals surface area contributed by atoms with Gasteiger partial charge in [-0.3, -0.25) is 14.1 Å². The van der Waals surface area contributed by atoms with Crippen LogP contribution in [0.1, 0.15) is 26.7 Å². The highest BCUT2D eigenvalue weighted by Gasteiger charge is 2.31. The number of alkyl halides is 3. The number of quaternary nitrogens is 1. The maximum absolute atomic E-state index is 12.0. The molecule has 0 aliphatic carbocycles. The first-order valence-electron chi connectivity index (χ1n) is 7.78. The molecule has 0 aliphatic rings. The first kappa shape index (κ1) is 28.6. The summed E-state index contributed by atoms with van der Waals surface area (Å²) >= 11 is 4.09. The molecule has 0 bridgehead atoms. The Kier molecular flexibility index (Phi) is 12.4. The number of nitrogens with two attached hydrogens (primary N) is 1. The highest BCUT2D eigenvalue weighted by Crippen LogP contribution is 2.11. The van der Waals surface area contributed by atoms with Crippen LogP contribution >= 0.6 is 12.6 Å². The van der Waals surface area contributed by atoms with E-state index in [1.807, 2.05) is 6.92 Å². The molecule has 0 heterocycles. The molecule has 2 amide bonds. The minimum Gasteiger partial charge on any atom is -0.542 e. The van der Waals surface area contributed by atoms with Gasteiger partial charge in [0.15, 0.2) is 0 Å². The maximum atomic E-state index is 12.0. The molecule has 0 aromatic rings. The van der Waals surface area contributed by atoms with Gasteiger partial charge in [-0.05, 0) is 5.92 Å². The number of carbonyl (C=O) groups is 3. The third-order valence-corrected chi connectivity index (χ3v) is 4.92. The third kappa shape index (κ3) is 12.7. The first-order chi connectivity index (χ1) is 12.4. The zero-order chi connectivity index (χ0) is 22.9. The van der Waals surface area contributed by atoms with Gasteiger partial charge in [-0.1, -0.05) is 20.3 Å². The fourth-order valence-corrected chi connectivity index (χ4v) is 2.46. The maximum Gasteiger partial charge on any atom is 0.430 e. The Labute approximate surface area is 165 Å². The number of nitrogens with one attached hydrogen (secondary N) is 1. The summed E-state index contributed by atoms with van der Waals surface area (Å²) in [7, 11) is -4.11. The fourth-order valence-electron chi connectivity index (χ4n) is 1.64. The molecule has 0 aromatic heterocycles. The average Bonchev–Trinajstić information content (AvgIpc) is 2.54. The minimum absolute atomic E-state index is 0.0228. The number of primary amides is 1.